The molecular weight excluding hydrogens is 753 g/mol. The van der Waals surface area contributed by atoms with Crippen LogP contribution in [0.2, 0.25) is 0 Å². The monoisotopic (exact) mass is 824 g/mol. The van der Waals surface area contributed by atoms with Crippen LogP contribution in [0.3, 0.4) is 0 Å². The van der Waals surface area contributed by atoms with E-state index in [1.807, 2.05) is 59.7 Å². The molecule has 0 aliphatic carbocycles. The zero-order valence-electron chi connectivity index (χ0n) is 36.5. The van der Waals surface area contributed by atoms with Crippen LogP contribution >= 0.6 is 0 Å². The van der Waals surface area contributed by atoms with Crippen molar-refractivity contribution in [3.05, 3.63) is 70.3 Å². The van der Waals surface area contributed by atoms with Crippen molar-refractivity contribution in [3.8, 4) is 0 Å². The maximum absolute atomic E-state index is 14.4. The number of anilines is 5. The van der Waals surface area contributed by atoms with Gasteiger partial charge in [-0.25, -0.2) is 16.8 Å². The number of carbonyl (C=O) groups is 1. The Morgan fingerprint density at radius 2 is 1.09 bits per heavy atom. The second kappa shape index (κ2) is 22.5. The molecule has 4 N–H and O–H groups in total. The number of amides is 1. The summed E-state index contributed by atoms with van der Waals surface area (Å²) in [4.78, 5) is 13.7. The molecule has 57 heavy (non-hydrogen) atoms. The van der Waals surface area contributed by atoms with E-state index >= 15 is 0 Å². The minimum absolute atomic E-state index is 0.0286. The predicted octanol–water partition coefficient (Wildman–Crippen LogP) is 13.0. The van der Waals surface area contributed by atoms with Gasteiger partial charge in [0.05, 0.1) is 33.9 Å². The van der Waals surface area contributed by atoms with Crippen molar-refractivity contribution in [1.82, 2.24) is 0 Å². The van der Waals surface area contributed by atoms with Gasteiger partial charge in [-0.3, -0.25) is 14.2 Å². The molecule has 1 amide bonds. The van der Waals surface area contributed by atoms with E-state index in [2.05, 4.69) is 40.8 Å². The fourth-order valence-electron chi connectivity index (χ4n) is 7.18. The third kappa shape index (κ3) is 15.6. The van der Waals surface area contributed by atoms with Crippen molar-refractivity contribution in [3.63, 3.8) is 0 Å². The number of benzene rings is 3. The SMILES string of the molecule is CCCCCCCCCCCCCCCC(=O)Nc1cc(NS(=O)(=O)c2c(C(C)C)cc(C(C)C)cc2C(C)C)ccc1Nc1cc(NS(C)(=O)=O)c(C)cc1C. The largest absolute Gasteiger partial charge is 0.354 e. The lowest BCUT2D eigenvalue weighted by Crippen LogP contribution is -2.19. The highest BCUT2D eigenvalue weighted by Gasteiger charge is 2.27. The Balaban J connectivity index is 1.84. The number of unbranched alkanes of at least 4 members (excludes halogenated alkanes) is 12. The van der Waals surface area contributed by atoms with Gasteiger partial charge in [0.25, 0.3) is 10.0 Å². The molecule has 0 atom stereocenters. The first-order chi connectivity index (χ1) is 26.8. The second-order valence-corrected chi connectivity index (χ2v) is 20.2. The van der Waals surface area contributed by atoms with Gasteiger partial charge in [0.1, 0.15) is 0 Å². The fraction of sp³-hybridized carbons (Fsp3) is 0.587. The molecule has 3 aromatic carbocycles. The molecule has 0 fully saturated rings. The summed E-state index contributed by atoms with van der Waals surface area (Å²) in [6.07, 6.45) is 17.3. The van der Waals surface area contributed by atoms with Gasteiger partial charge in [-0.05, 0) is 90.1 Å². The highest BCUT2D eigenvalue weighted by molar-refractivity contribution is 7.93. The average Bonchev–Trinajstić information content (AvgIpc) is 3.11. The molecule has 11 heteroatoms. The quantitative estimate of drug-likeness (QED) is 0.0629. The van der Waals surface area contributed by atoms with Gasteiger partial charge in [0.15, 0.2) is 0 Å². The van der Waals surface area contributed by atoms with E-state index in [0.717, 1.165) is 53.3 Å². The van der Waals surface area contributed by atoms with Gasteiger partial charge in [-0.1, -0.05) is 144 Å². The van der Waals surface area contributed by atoms with Crippen molar-refractivity contribution >= 4 is 54.4 Å². The Labute approximate surface area is 346 Å². The Bertz CT molecular complexity index is 1960. The zero-order chi connectivity index (χ0) is 42.3. The smallest absolute Gasteiger partial charge is 0.262 e. The first kappa shape index (κ1) is 47.8. The summed E-state index contributed by atoms with van der Waals surface area (Å²) in [6.45, 7) is 18.3. The molecule has 0 radical (unpaired) electrons. The van der Waals surface area contributed by atoms with E-state index in [0.29, 0.717) is 39.8 Å². The van der Waals surface area contributed by atoms with Crippen LogP contribution in [0.5, 0.6) is 0 Å². The minimum atomic E-state index is -4.04. The molecular formula is C46H72N4O5S2. The van der Waals surface area contributed by atoms with Gasteiger partial charge in [-0.15, -0.1) is 0 Å². The third-order valence-electron chi connectivity index (χ3n) is 10.5. The molecule has 3 rings (SSSR count). The average molecular weight is 825 g/mol. The number of hydrogen-bond acceptors (Lipinski definition) is 6. The predicted molar refractivity (Wildman–Crippen MR) is 243 cm³/mol. The molecule has 0 saturated carbocycles. The van der Waals surface area contributed by atoms with Gasteiger partial charge < -0.3 is 10.6 Å². The minimum Gasteiger partial charge on any atom is -0.354 e. The van der Waals surface area contributed by atoms with Crippen LogP contribution in [0.1, 0.15) is 184 Å². The number of rotatable bonds is 25. The van der Waals surface area contributed by atoms with Crippen LogP contribution < -0.4 is 20.1 Å². The number of carbonyl (C=O) groups excluding carboxylic acids is 1. The zero-order valence-corrected chi connectivity index (χ0v) is 38.2. The number of sulfonamides is 2. The topological polar surface area (TPSA) is 133 Å². The Morgan fingerprint density at radius 1 is 0.579 bits per heavy atom. The normalized spacial score (nSPS) is 12.1. The summed E-state index contributed by atoms with van der Waals surface area (Å²) in [6, 6.07) is 12.7. The van der Waals surface area contributed by atoms with E-state index in [1.54, 1.807) is 24.3 Å². The van der Waals surface area contributed by atoms with Crippen molar-refractivity contribution in [2.24, 2.45) is 0 Å². The van der Waals surface area contributed by atoms with Crippen LogP contribution in [0.15, 0.2) is 47.4 Å². The van der Waals surface area contributed by atoms with E-state index < -0.39 is 20.0 Å². The lowest BCUT2D eigenvalue weighted by atomic mass is 9.89. The van der Waals surface area contributed by atoms with Crippen LogP contribution in [-0.4, -0.2) is 29.0 Å². The molecule has 0 spiro atoms. The molecule has 3 aromatic rings. The highest BCUT2D eigenvalue weighted by atomic mass is 32.2. The molecule has 0 aromatic heterocycles. The molecule has 318 valence electrons. The maximum Gasteiger partial charge on any atom is 0.262 e. The molecule has 0 aliphatic heterocycles. The number of nitrogens with one attached hydrogen (secondary N) is 4. The van der Waals surface area contributed by atoms with Crippen LogP contribution in [0, 0.1) is 13.8 Å². The van der Waals surface area contributed by atoms with Crippen LogP contribution in [-0.2, 0) is 24.8 Å². The third-order valence-corrected chi connectivity index (χ3v) is 12.6. The van der Waals surface area contributed by atoms with Crippen LogP contribution in [0.4, 0.5) is 28.4 Å². The Morgan fingerprint density at radius 3 is 1.58 bits per heavy atom. The number of hydrogen-bond donors (Lipinski definition) is 4. The summed E-state index contributed by atoms with van der Waals surface area (Å²) in [7, 11) is -7.56. The molecule has 0 saturated heterocycles. The summed E-state index contributed by atoms with van der Waals surface area (Å²) < 4.78 is 58.3. The molecule has 0 unspecified atom stereocenters. The fourth-order valence-corrected chi connectivity index (χ4v) is 9.55. The van der Waals surface area contributed by atoms with Crippen molar-refractivity contribution in [2.75, 3.05) is 26.3 Å². The van der Waals surface area contributed by atoms with Crippen molar-refractivity contribution in [2.45, 2.75) is 175 Å². The highest BCUT2D eigenvalue weighted by Crippen LogP contribution is 2.38. The van der Waals surface area contributed by atoms with E-state index in [9.17, 15) is 21.6 Å². The lowest BCUT2D eigenvalue weighted by molar-refractivity contribution is -0.116. The summed E-state index contributed by atoms with van der Waals surface area (Å²) in [5.74, 6) is 0.0268. The van der Waals surface area contributed by atoms with E-state index in [4.69, 9.17) is 0 Å². The standard InChI is InChI=1S/C46H72N4O5S2/c1-11-12-13-14-15-16-17-18-19-20-21-22-23-24-45(51)48-44-30-38(25-26-41(44)47-42-31-43(50-56(10,52)53)36(9)27-35(42)8)49-57(54,55)46-39(33(4)5)28-37(32(2)3)29-40(46)34(6)7/h25-34,47,49-50H,11-24H2,1-10H3,(H,48,51). The summed E-state index contributed by atoms with van der Waals surface area (Å²) in [5.41, 5.74) is 6.63. The molecule has 0 bridgehead atoms. The summed E-state index contributed by atoms with van der Waals surface area (Å²) in [5, 5.41) is 6.43. The molecule has 0 heterocycles. The van der Waals surface area contributed by atoms with Gasteiger partial charge in [0, 0.05) is 12.1 Å². The second-order valence-electron chi connectivity index (χ2n) is 16.9. The van der Waals surface area contributed by atoms with Gasteiger partial charge >= 0.3 is 0 Å². The molecule has 0 aliphatic rings. The van der Waals surface area contributed by atoms with E-state index in [-0.39, 0.29) is 23.7 Å². The molecule has 9 nitrogen and oxygen atoms in total. The first-order valence-electron chi connectivity index (χ1n) is 21.3. The van der Waals surface area contributed by atoms with Gasteiger partial charge in [-0.2, -0.15) is 0 Å². The first-order valence-corrected chi connectivity index (χ1v) is 24.7. The Hall–Kier alpha value is -3.57. The number of aryl methyl sites for hydroxylation is 2. The van der Waals surface area contributed by atoms with Crippen molar-refractivity contribution in [1.29, 1.82) is 0 Å². The van der Waals surface area contributed by atoms with Gasteiger partial charge in [0.2, 0.25) is 15.9 Å². The van der Waals surface area contributed by atoms with Crippen LogP contribution in [0.25, 0.3) is 0 Å². The van der Waals surface area contributed by atoms with E-state index in [1.165, 1.54) is 64.2 Å². The summed E-state index contributed by atoms with van der Waals surface area (Å²) >= 11 is 0. The van der Waals surface area contributed by atoms with Crippen molar-refractivity contribution < 1.29 is 21.6 Å². The Kier molecular flexibility index (Phi) is 18.9. The lowest BCUT2D eigenvalue weighted by Gasteiger charge is -2.23. The maximum atomic E-state index is 14.4.